The summed E-state index contributed by atoms with van der Waals surface area (Å²) in [6.45, 7) is 4.11. The van der Waals surface area contributed by atoms with Gasteiger partial charge in [0.15, 0.2) is 0 Å². The highest BCUT2D eigenvalue weighted by Gasteiger charge is 2.18. The molecule has 0 bridgehead atoms. The molecule has 0 radical (unpaired) electrons. The van der Waals surface area contributed by atoms with E-state index in [9.17, 15) is 0 Å². The number of rotatable bonds is 4. The van der Waals surface area contributed by atoms with Gasteiger partial charge in [-0.05, 0) is 36.3 Å². The lowest BCUT2D eigenvalue weighted by Gasteiger charge is -2.09. The average Bonchev–Trinajstić information content (AvgIpc) is 3.03. The third-order valence-corrected chi connectivity index (χ3v) is 5.30. The zero-order chi connectivity index (χ0) is 20.4. The van der Waals surface area contributed by atoms with Gasteiger partial charge in [0.2, 0.25) is 0 Å². The van der Waals surface area contributed by atoms with Gasteiger partial charge >= 0.3 is 0 Å². The lowest BCUT2D eigenvalue weighted by atomic mass is 10.0. The fourth-order valence-corrected chi connectivity index (χ4v) is 4.09. The third-order valence-electron chi connectivity index (χ3n) is 5.17. The van der Waals surface area contributed by atoms with E-state index in [1.165, 1.54) is 27.7 Å². The highest BCUT2D eigenvalue weighted by molar-refractivity contribution is 6.23. The van der Waals surface area contributed by atoms with Crippen molar-refractivity contribution in [2.75, 3.05) is 0 Å². The van der Waals surface area contributed by atoms with E-state index in [0.29, 0.717) is 0 Å². The zero-order valence-corrected chi connectivity index (χ0v) is 17.8. The van der Waals surface area contributed by atoms with E-state index in [-0.39, 0.29) is 5.38 Å². The Bertz CT molecular complexity index is 1270. The standard InChI is InChI=1S/C26H25ClN2/c1-4-10-22-20(17-18(2)27)15-16-23(28-22)25-21-13-8-9-14-24(21)29(3)26(25)19-11-6-5-7-12-19/h5-18H,4H2,1-3H3/b20-17-,22-10+/t18-/m0/s1. The van der Waals surface area contributed by atoms with Crippen LogP contribution in [-0.4, -0.2) is 14.9 Å². The molecule has 1 atom stereocenters. The maximum Gasteiger partial charge on any atom is 0.0737 e. The molecule has 0 aliphatic carbocycles. The molecule has 0 unspecified atom stereocenters. The molecule has 2 aromatic heterocycles. The van der Waals surface area contributed by atoms with E-state index >= 15 is 0 Å². The van der Waals surface area contributed by atoms with Crippen LogP contribution < -0.4 is 10.6 Å². The number of aromatic nitrogens is 2. The summed E-state index contributed by atoms with van der Waals surface area (Å²) in [5, 5.41) is 3.25. The van der Waals surface area contributed by atoms with Crippen LogP contribution in [-0.2, 0) is 7.05 Å². The fourth-order valence-electron chi connectivity index (χ4n) is 3.96. The molecule has 4 aromatic rings. The molecule has 29 heavy (non-hydrogen) atoms. The first-order valence-electron chi connectivity index (χ1n) is 10.1. The van der Waals surface area contributed by atoms with Gasteiger partial charge in [0.1, 0.15) is 0 Å². The number of para-hydroxylation sites is 1. The summed E-state index contributed by atoms with van der Waals surface area (Å²) in [6.07, 6.45) is 5.15. The molecule has 2 nitrogen and oxygen atoms in total. The van der Waals surface area contributed by atoms with Gasteiger partial charge < -0.3 is 4.57 Å². The summed E-state index contributed by atoms with van der Waals surface area (Å²) in [5.74, 6) is 0. The molecule has 0 amide bonds. The van der Waals surface area contributed by atoms with Crippen molar-refractivity contribution >= 4 is 34.7 Å². The Labute approximate surface area is 176 Å². The van der Waals surface area contributed by atoms with Gasteiger partial charge in [0.25, 0.3) is 0 Å². The van der Waals surface area contributed by atoms with Crippen LogP contribution in [0.25, 0.3) is 45.6 Å². The van der Waals surface area contributed by atoms with Gasteiger partial charge in [-0.15, -0.1) is 11.6 Å². The van der Waals surface area contributed by atoms with Crippen molar-refractivity contribution in [3.63, 3.8) is 0 Å². The van der Waals surface area contributed by atoms with Crippen molar-refractivity contribution in [2.24, 2.45) is 7.05 Å². The molecule has 2 heterocycles. The van der Waals surface area contributed by atoms with Gasteiger partial charge in [0.05, 0.1) is 16.7 Å². The summed E-state index contributed by atoms with van der Waals surface area (Å²) in [5.41, 5.74) is 5.73. The van der Waals surface area contributed by atoms with Crippen LogP contribution in [0.5, 0.6) is 0 Å². The molecule has 0 N–H and O–H groups in total. The summed E-state index contributed by atoms with van der Waals surface area (Å²) < 4.78 is 2.27. The topological polar surface area (TPSA) is 17.8 Å². The van der Waals surface area contributed by atoms with E-state index < -0.39 is 0 Å². The normalized spacial score (nSPS) is 13.9. The Hall–Kier alpha value is -2.84. The Balaban J connectivity index is 2.07. The molecule has 0 saturated heterocycles. The predicted molar refractivity (Wildman–Crippen MR) is 125 cm³/mol. The third kappa shape index (κ3) is 3.73. The molecule has 0 spiro atoms. The molecule has 146 valence electrons. The second-order valence-electron chi connectivity index (χ2n) is 7.29. The van der Waals surface area contributed by atoms with E-state index in [1.807, 2.05) is 6.92 Å². The zero-order valence-electron chi connectivity index (χ0n) is 17.1. The minimum atomic E-state index is -0.0379. The molecule has 0 aliphatic rings. The summed E-state index contributed by atoms with van der Waals surface area (Å²) in [6, 6.07) is 23.3. The lowest BCUT2D eigenvalue weighted by Crippen LogP contribution is -2.29. The first kappa shape index (κ1) is 19.5. The number of halogens is 1. The largest absolute Gasteiger partial charge is 0.343 e. The molecule has 3 heteroatoms. The maximum absolute atomic E-state index is 6.23. The van der Waals surface area contributed by atoms with Crippen molar-refractivity contribution < 1.29 is 0 Å². The number of fused-ring (bicyclic) bond motifs is 1. The highest BCUT2D eigenvalue weighted by Crippen LogP contribution is 2.38. The summed E-state index contributed by atoms with van der Waals surface area (Å²) >= 11 is 6.23. The van der Waals surface area contributed by atoms with Crippen LogP contribution in [0.2, 0.25) is 0 Å². The minimum Gasteiger partial charge on any atom is -0.343 e. The Morgan fingerprint density at radius 2 is 1.72 bits per heavy atom. The van der Waals surface area contributed by atoms with Gasteiger partial charge in [-0.25, -0.2) is 4.98 Å². The molecular formula is C26H25ClN2. The Kier molecular flexibility index (Phi) is 5.55. The van der Waals surface area contributed by atoms with E-state index in [2.05, 4.69) is 97.4 Å². The maximum atomic E-state index is 6.23. The number of benzene rings is 2. The predicted octanol–water partition coefficient (Wildman–Crippen LogP) is 5.51. The van der Waals surface area contributed by atoms with Crippen molar-refractivity contribution in [2.45, 2.75) is 25.6 Å². The average molecular weight is 401 g/mol. The number of hydrogen-bond donors (Lipinski definition) is 0. The fraction of sp³-hybridized carbons (Fsp3) is 0.192. The minimum absolute atomic E-state index is 0.0379. The number of pyridine rings is 1. The SMILES string of the molecule is CC/C=c1/nc(-c2c(-c3ccccc3)n(C)c3ccccc23)cc/c1=C/[C@H](C)Cl. The van der Waals surface area contributed by atoms with Crippen LogP contribution in [0, 0.1) is 0 Å². The van der Waals surface area contributed by atoms with Crippen LogP contribution in [0.1, 0.15) is 20.3 Å². The van der Waals surface area contributed by atoms with Crippen LogP contribution in [0.4, 0.5) is 0 Å². The Morgan fingerprint density at radius 1 is 1.00 bits per heavy atom. The van der Waals surface area contributed by atoms with Gasteiger partial charge in [-0.2, -0.15) is 0 Å². The molecule has 0 fully saturated rings. The van der Waals surface area contributed by atoms with Crippen molar-refractivity contribution in [1.82, 2.24) is 9.55 Å². The second kappa shape index (κ2) is 8.26. The lowest BCUT2D eigenvalue weighted by molar-refractivity contribution is 0.978. The first-order chi connectivity index (χ1) is 14.1. The molecule has 4 rings (SSSR count). The quantitative estimate of drug-likeness (QED) is 0.413. The summed E-state index contributed by atoms with van der Waals surface area (Å²) in [7, 11) is 2.13. The first-order valence-corrected chi connectivity index (χ1v) is 10.5. The van der Waals surface area contributed by atoms with Crippen molar-refractivity contribution in [1.29, 1.82) is 0 Å². The molecular weight excluding hydrogens is 376 g/mol. The van der Waals surface area contributed by atoms with Crippen LogP contribution in [0.3, 0.4) is 0 Å². The van der Waals surface area contributed by atoms with Crippen molar-refractivity contribution in [3.8, 4) is 22.5 Å². The molecule has 2 aromatic carbocycles. The monoisotopic (exact) mass is 400 g/mol. The van der Waals surface area contributed by atoms with Gasteiger partial charge in [0, 0.05) is 28.9 Å². The van der Waals surface area contributed by atoms with Gasteiger partial charge in [-0.1, -0.05) is 73.7 Å². The smallest absolute Gasteiger partial charge is 0.0737 e. The number of alkyl halides is 1. The van der Waals surface area contributed by atoms with Crippen LogP contribution >= 0.6 is 11.6 Å². The Morgan fingerprint density at radius 3 is 2.45 bits per heavy atom. The number of nitrogens with zero attached hydrogens (tertiary/aromatic N) is 2. The molecule has 0 saturated carbocycles. The van der Waals surface area contributed by atoms with Crippen LogP contribution in [0.15, 0.2) is 66.7 Å². The van der Waals surface area contributed by atoms with E-state index in [0.717, 1.165) is 22.7 Å². The summed E-state index contributed by atoms with van der Waals surface area (Å²) in [4.78, 5) is 5.08. The molecule has 0 aliphatic heterocycles. The van der Waals surface area contributed by atoms with Gasteiger partial charge in [-0.3, -0.25) is 0 Å². The number of hydrogen-bond acceptors (Lipinski definition) is 1. The van der Waals surface area contributed by atoms with E-state index in [4.69, 9.17) is 16.6 Å². The van der Waals surface area contributed by atoms with E-state index in [1.54, 1.807) is 0 Å². The highest BCUT2D eigenvalue weighted by atomic mass is 35.5. The second-order valence-corrected chi connectivity index (χ2v) is 7.98. The number of aryl methyl sites for hydroxylation is 1. The van der Waals surface area contributed by atoms with Crippen molar-refractivity contribution in [3.05, 3.63) is 77.3 Å².